The van der Waals surface area contributed by atoms with Crippen molar-refractivity contribution in [2.45, 2.75) is 46.6 Å². The maximum absolute atomic E-state index is 3.55. The van der Waals surface area contributed by atoms with E-state index in [1.165, 1.54) is 29.5 Å². The van der Waals surface area contributed by atoms with Crippen molar-refractivity contribution in [1.29, 1.82) is 0 Å². The minimum atomic E-state index is 0.468. The summed E-state index contributed by atoms with van der Waals surface area (Å²) in [5.74, 6) is 0. The molecule has 1 N–H and O–H groups in total. The Morgan fingerprint density at radius 1 is 1.13 bits per heavy atom. The van der Waals surface area contributed by atoms with Crippen molar-refractivity contribution in [2.75, 3.05) is 6.54 Å². The van der Waals surface area contributed by atoms with E-state index in [-0.39, 0.29) is 0 Å². The van der Waals surface area contributed by atoms with E-state index >= 15 is 0 Å². The van der Waals surface area contributed by atoms with Gasteiger partial charge in [-0.1, -0.05) is 42.7 Å². The number of nitrogens with one attached hydrogen (secondary N) is 1. The lowest BCUT2D eigenvalue weighted by atomic mass is 10.0. The van der Waals surface area contributed by atoms with Crippen LogP contribution in [0.3, 0.4) is 0 Å². The lowest BCUT2D eigenvalue weighted by molar-refractivity contribution is 0.554. The van der Waals surface area contributed by atoms with Gasteiger partial charge in [-0.05, 0) is 39.3 Å². The van der Waals surface area contributed by atoms with Gasteiger partial charge in [-0.2, -0.15) is 0 Å². The summed E-state index contributed by atoms with van der Waals surface area (Å²) >= 11 is 0. The Bertz CT molecular complexity index is 284. The second-order valence-corrected chi connectivity index (χ2v) is 4.45. The molecule has 0 saturated carbocycles. The molecule has 0 aliphatic heterocycles. The molecule has 0 aromatic heterocycles. The van der Waals surface area contributed by atoms with Gasteiger partial charge in [0.25, 0.3) is 0 Å². The molecule has 0 aliphatic rings. The Hall–Kier alpha value is -0.820. The van der Waals surface area contributed by atoms with E-state index < -0.39 is 0 Å². The van der Waals surface area contributed by atoms with Gasteiger partial charge >= 0.3 is 0 Å². The van der Waals surface area contributed by atoms with Crippen molar-refractivity contribution in [3.63, 3.8) is 0 Å². The van der Waals surface area contributed by atoms with Gasteiger partial charge in [0.05, 0.1) is 0 Å². The minimum absolute atomic E-state index is 0.468. The first-order chi connectivity index (χ1) is 7.13. The maximum Gasteiger partial charge on any atom is 0.0291 e. The summed E-state index contributed by atoms with van der Waals surface area (Å²) in [4.78, 5) is 0. The van der Waals surface area contributed by atoms with E-state index in [0.29, 0.717) is 6.04 Å². The fraction of sp³-hybridized carbons (Fsp3) is 0.571. The first-order valence-corrected chi connectivity index (χ1v) is 5.95. The lowest BCUT2D eigenvalue weighted by Crippen LogP contribution is -2.19. The average molecular weight is 205 g/mol. The molecule has 0 amide bonds. The SMILES string of the molecule is CCCCNC(C)c1cc(C)cc(C)c1. The van der Waals surface area contributed by atoms with Gasteiger partial charge in [0, 0.05) is 6.04 Å². The third kappa shape index (κ3) is 4.05. The quantitative estimate of drug-likeness (QED) is 0.722. The maximum atomic E-state index is 3.55. The number of rotatable bonds is 5. The van der Waals surface area contributed by atoms with Crippen LogP contribution in [0.15, 0.2) is 18.2 Å². The monoisotopic (exact) mass is 205 g/mol. The topological polar surface area (TPSA) is 12.0 Å². The Morgan fingerprint density at radius 3 is 2.27 bits per heavy atom. The first-order valence-electron chi connectivity index (χ1n) is 5.95. The molecule has 1 nitrogen and oxygen atoms in total. The van der Waals surface area contributed by atoms with Gasteiger partial charge in [0.2, 0.25) is 0 Å². The summed E-state index contributed by atoms with van der Waals surface area (Å²) in [6, 6.07) is 7.24. The highest BCUT2D eigenvalue weighted by atomic mass is 14.9. The number of aryl methyl sites for hydroxylation is 2. The molecule has 0 bridgehead atoms. The van der Waals surface area contributed by atoms with Gasteiger partial charge in [0.1, 0.15) is 0 Å². The largest absolute Gasteiger partial charge is 0.310 e. The van der Waals surface area contributed by atoms with Crippen LogP contribution in [-0.2, 0) is 0 Å². The van der Waals surface area contributed by atoms with Crippen molar-refractivity contribution in [2.24, 2.45) is 0 Å². The Balaban J connectivity index is 2.60. The predicted octanol–water partition coefficient (Wildman–Crippen LogP) is 3.75. The van der Waals surface area contributed by atoms with Crippen LogP contribution in [0.5, 0.6) is 0 Å². The molecule has 0 fully saturated rings. The number of unbranched alkanes of at least 4 members (excludes halogenated alkanes) is 1. The summed E-state index contributed by atoms with van der Waals surface area (Å²) in [6.07, 6.45) is 2.52. The summed E-state index contributed by atoms with van der Waals surface area (Å²) in [7, 11) is 0. The third-order valence-corrected chi connectivity index (χ3v) is 2.72. The number of hydrogen-bond acceptors (Lipinski definition) is 1. The summed E-state index contributed by atoms with van der Waals surface area (Å²) in [5.41, 5.74) is 4.12. The Labute approximate surface area is 93.9 Å². The fourth-order valence-electron chi connectivity index (χ4n) is 1.87. The molecule has 0 radical (unpaired) electrons. The molecule has 0 heterocycles. The van der Waals surface area contributed by atoms with E-state index in [1.54, 1.807) is 0 Å². The Morgan fingerprint density at radius 2 is 1.73 bits per heavy atom. The highest BCUT2D eigenvalue weighted by Gasteiger charge is 2.04. The molecule has 1 rings (SSSR count). The molecular weight excluding hydrogens is 182 g/mol. The lowest BCUT2D eigenvalue weighted by Gasteiger charge is -2.15. The second kappa shape index (κ2) is 5.92. The zero-order valence-corrected chi connectivity index (χ0v) is 10.4. The van der Waals surface area contributed by atoms with Crippen molar-refractivity contribution in [1.82, 2.24) is 5.32 Å². The van der Waals surface area contributed by atoms with Crippen molar-refractivity contribution in [3.8, 4) is 0 Å². The van der Waals surface area contributed by atoms with Gasteiger partial charge in [-0.25, -0.2) is 0 Å². The van der Waals surface area contributed by atoms with Gasteiger partial charge < -0.3 is 5.32 Å². The summed E-state index contributed by atoms with van der Waals surface area (Å²) in [5, 5.41) is 3.55. The molecule has 1 heteroatoms. The van der Waals surface area contributed by atoms with Crippen LogP contribution in [0, 0.1) is 13.8 Å². The molecular formula is C14H23N. The third-order valence-electron chi connectivity index (χ3n) is 2.72. The molecule has 1 aromatic carbocycles. The van der Waals surface area contributed by atoms with Crippen LogP contribution in [0.2, 0.25) is 0 Å². The van der Waals surface area contributed by atoms with Gasteiger partial charge in [-0.3, -0.25) is 0 Å². The van der Waals surface area contributed by atoms with E-state index in [9.17, 15) is 0 Å². The first kappa shape index (κ1) is 12.3. The van der Waals surface area contributed by atoms with E-state index in [4.69, 9.17) is 0 Å². The van der Waals surface area contributed by atoms with E-state index in [0.717, 1.165) is 6.54 Å². The van der Waals surface area contributed by atoms with Crippen molar-refractivity contribution < 1.29 is 0 Å². The normalized spacial score (nSPS) is 12.8. The smallest absolute Gasteiger partial charge is 0.0291 e. The number of benzene rings is 1. The standard InChI is InChI=1S/C14H23N/c1-5-6-7-15-13(4)14-9-11(2)8-12(3)10-14/h8-10,13,15H,5-7H2,1-4H3. The Kier molecular flexibility index (Phi) is 4.83. The number of hydrogen-bond donors (Lipinski definition) is 1. The zero-order valence-electron chi connectivity index (χ0n) is 10.4. The van der Waals surface area contributed by atoms with Crippen molar-refractivity contribution in [3.05, 3.63) is 34.9 Å². The molecule has 84 valence electrons. The molecule has 0 spiro atoms. The van der Waals surface area contributed by atoms with Crippen LogP contribution >= 0.6 is 0 Å². The van der Waals surface area contributed by atoms with Crippen LogP contribution in [0.25, 0.3) is 0 Å². The van der Waals surface area contributed by atoms with E-state index in [2.05, 4.69) is 51.2 Å². The fourth-order valence-corrected chi connectivity index (χ4v) is 1.87. The summed E-state index contributed by atoms with van der Waals surface area (Å²) < 4.78 is 0. The van der Waals surface area contributed by atoms with Crippen LogP contribution in [0.1, 0.15) is 49.4 Å². The second-order valence-electron chi connectivity index (χ2n) is 4.45. The van der Waals surface area contributed by atoms with Crippen LogP contribution in [0.4, 0.5) is 0 Å². The van der Waals surface area contributed by atoms with Crippen molar-refractivity contribution >= 4 is 0 Å². The van der Waals surface area contributed by atoms with E-state index in [1.807, 2.05) is 0 Å². The molecule has 15 heavy (non-hydrogen) atoms. The molecule has 1 unspecified atom stereocenters. The van der Waals surface area contributed by atoms with Gasteiger partial charge in [0.15, 0.2) is 0 Å². The highest BCUT2D eigenvalue weighted by Crippen LogP contribution is 2.16. The molecule has 0 aliphatic carbocycles. The van der Waals surface area contributed by atoms with Gasteiger partial charge in [-0.15, -0.1) is 0 Å². The predicted molar refractivity (Wildman–Crippen MR) is 67.2 cm³/mol. The van der Waals surface area contributed by atoms with Crippen LogP contribution < -0.4 is 5.32 Å². The highest BCUT2D eigenvalue weighted by molar-refractivity contribution is 5.30. The average Bonchev–Trinajstić information content (AvgIpc) is 2.16. The molecule has 1 aromatic rings. The minimum Gasteiger partial charge on any atom is -0.310 e. The molecule has 0 saturated heterocycles. The molecule has 1 atom stereocenters. The zero-order chi connectivity index (χ0) is 11.3. The van der Waals surface area contributed by atoms with Crippen LogP contribution in [-0.4, -0.2) is 6.54 Å². The summed E-state index contributed by atoms with van der Waals surface area (Å²) in [6.45, 7) is 9.90.